The number of nitrogens with zero attached hydrogens (tertiary/aromatic N) is 4. The Bertz CT molecular complexity index is 674. The number of hydrogen-bond donors (Lipinski definition) is 1. The van der Waals surface area contributed by atoms with E-state index in [0.29, 0.717) is 31.1 Å². The second-order valence-corrected chi connectivity index (χ2v) is 5.98. The smallest absolute Gasteiger partial charge is 0.225 e. The van der Waals surface area contributed by atoms with Crippen molar-refractivity contribution in [3.05, 3.63) is 47.7 Å². The molecule has 0 unspecified atom stereocenters. The van der Waals surface area contributed by atoms with Gasteiger partial charge < -0.3 is 15.1 Å². The number of anilines is 2. The first-order chi connectivity index (χ1) is 11.7. The molecule has 0 atom stereocenters. The molecule has 24 heavy (non-hydrogen) atoms. The molecule has 0 aliphatic carbocycles. The minimum atomic E-state index is 0.156. The minimum Gasteiger partial charge on any atom is -0.383 e. The van der Waals surface area contributed by atoms with E-state index >= 15 is 0 Å². The Morgan fingerprint density at radius 2 is 1.79 bits per heavy atom. The molecular formula is C17H20ClN5O. The summed E-state index contributed by atoms with van der Waals surface area (Å²) >= 11 is 6.09. The number of rotatable bonds is 5. The van der Waals surface area contributed by atoms with Gasteiger partial charge in [-0.2, -0.15) is 0 Å². The quantitative estimate of drug-likeness (QED) is 0.900. The van der Waals surface area contributed by atoms with Gasteiger partial charge in [-0.1, -0.05) is 23.7 Å². The number of nitrogens with one attached hydrogen (secondary N) is 1. The van der Waals surface area contributed by atoms with Crippen LogP contribution in [0, 0.1) is 0 Å². The number of aromatic nitrogens is 2. The van der Waals surface area contributed by atoms with Crippen LogP contribution in [-0.4, -0.2) is 53.5 Å². The van der Waals surface area contributed by atoms with Crippen LogP contribution in [-0.2, 0) is 4.79 Å². The van der Waals surface area contributed by atoms with Crippen LogP contribution >= 0.6 is 11.6 Å². The molecule has 0 spiro atoms. The summed E-state index contributed by atoms with van der Waals surface area (Å²) in [4.78, 5) is 24.8. The van der Waals surface area contributed by atoms with E-state index in [2.05, 4.69) is 20.2 Å². The number of benzene rings is 1. The van der Waals surface area contributed by atoms with Crippen molar-refractivity contribution in [1.29, 1.82) is 0 Å². The normalized spacial score (nSPS) is 14.5. The molecule has 6 nitrogen and oxygen atoms in total. The number of halogens is 1. The molecule has 2 heterocycles. The number of carbonyl (C=O) groups excluding carboxylic acids is 1. The largest absolute Gasteiger partial charge is 0.383 e. The van der Waals surface area contributed by atoms with Crippen molar-refractivity contribution in [2.75, 3.05) is 42.9 Å². The van der Waals surface area contributed by atoms with Crippen LogP contribution in [0.15, 0.2) is 42.7 Å². The second-order valence-electron chi connectivity index (χ2n) is 5.57. The zero-order valence-corrected chi connectivity index (χ0v) is 14.1. The van der Waals surface area contributed by atoms with Gasteiger partial charge in [0.15, 0.2) is 0 Å². The van der Waals surface area contributed by atoms with Gasteiger partial charge >= 0.3 is 0 Å². The minimum absolute atomic E-state index is 0.156. The summed E-state index contributed by atoms with van der Waals surface area (Å²) in [6.45, 7) is 3.48. The van der Waals surface area contributed by atoms with Crippen molar-refractivity contribution in [2.24, 2.45) is 0 Å². The molecule has 126 valence electrons. The van der Waals surface area contributed by atoms with E-state index < -0.39 is 0 Å². The fourth-order valence-corrected chi connectivity index (χ4v) is 2.88. The van der Waals surface area contributed by atoms with Crippen LogP contribution in [0.3, 0.4) is 0 Å². The van der Waals surface area contributed by atoms with Crippen molar-refractivity contribution in [2.45, 2.75) is 6.42 Å². The second kappa shape index (κ2) is 7.97. The van der Waals surface area contributed by atoms with Gasteiger partial charge in [-0.25, -0.2) is 9.97 Å². The molecule has 3 rings (SSSR count). The fourth-order valence-electron chi connectivity index (χ4n) is 2.68. The Labute approximate surface area is 146 Å². The summed E-state index contributed by atoms with van der Waals surface area (Å²) in [7, 11) is 0. The highest BCUT2D eigenvalue weighted by Gasteiger charge is 2.21. The van der Waals surface area contributed by atoms with E-state index in [1.54, 1.807) is 18.5 Å². The SMILES string of the molecule is O=C(CCNc1ccccc1Cl)N1CCN(c2ncccn2)CC1. The molecule has 1 fully saturated rings. The predicted molar refractivity (Wildman–Crippen MR) is 95.4 cm³/mol. The summed E-state index contributed by atoms with van der Waals surface area (Å²) in [5.41, 5.74) is 0.859. The Morgan fingerprint density at radius 3 is 2.50 bits per heavy atom. The van der Waals surface area contributed by atoms with Crippen molar-refractivity contribution in [3.63, 3.8) is 0 Å². The van der Waals surface area contributed by atoms with Gasteiger partial charge in [-0.05, 0) is 18.2 Å². The number of amides is 1. The Balaban J connectivity index is 1.43. The highest BCUT2D eigenvalue weighted by atomic mass is 35.5. The van der Waals surface area contributed by atoms with Gasteiger partial charge in [0, 0.05) is 51.5 Å². The van der Waals surface area contributed by atoms with Gasteiger partial charge in [-0.3, -0.25) is 4.79 Å². The molecule has 1 aromatic carbocycles. The van der Waals surface area contributed by atoms with Crippen molar-refractivity contribution in [3.8, 4) is 0 Å². The Morgan fingerprint density at radius 1 is 1.08 bits per heavy atom. The van der Waals surface area contributed by atoms with Gasteiger partial charge in [0.05, 0.1) is 10.7 Å². The third-order valence-electron chi connectivity index (χ3n) is 4.00. The number of carbonyl (C=O) groups is 1. The zero-order chi connectivity index (χ0) is 16.8. The maximum Gasteiger partial charge on any atom is 0.225 e. The predicted octanol–water partition coefficient (Wildman–Crippen LogP) is 2.28. The lowest BCUT2D eigenvalue weighted by Gasteiger charge is -2.34. The third-order valence-corrected chi connectivity index (χ3v) is 4.33. The molecular weight excluding hydrogens is 326 g/mol. The lowest BCUT2D eigenvalue weighted by Crippen LogP contribution is -2.49. The standard InChI is InChI=1S/C17H20ClN5O/c18-14-4-1-2-5-15(14)19-9-6-16(24)22-10-12-23(13-11-22)17-20-7-3-8-21-17/h1-5,7-8,19H,6,9-13H2. The van der Waals surface area contributed by atoms with E-state index in [0.717, 1.165) is 24.7 Å². The van der Waals surface area contributed by atoms with E-state index in [4.69, 9.17) is 11.6 Å². The molecule has 1 saturated heterocycles. The fraction of sp³-hybridized carbons (Fsp3) is 0.353. The summed E-state index contributed by atoms with van der Waals surface area (Å²) in [5, 5.41) is 3.88. The van der Waals surface area contributed by atoms with Gasteiger partial charge in [0.2, 0.25) is 11.9 Å². The van der Waals surface area contributed by atoms with Gasteiger partial charge in [0.1, 0.15) is 0 Å². The summed E-state index contributed by atoms with van der Waals surface area (Å²) in [5.74, 6) is 0.883. The number of para-hydroxylation sites is 1. The Hall–Kier alpha value is -2.34. The third kappa shape index (κ3) is 4.14. The summed E-state index contributed by atoms with van der Waals surface area (Å²) in [6, 6.07) is 9.34. The van der Waals surface area contributed by atoms with Gasteiger partial charge in [0.25, 0.3) is 0 Å². The van der Waals surface area contributed by atoms with Crippen LogP contribution in [0.2, 0.25) is 5.02 Å². The number of piperazine rings is 1. The Kier molecular flexibility index (Phi) is 5.48. The monoisotopic (exact) mass is 345 g/mol. The maximum absolute atomic E-state index is 12.3. The van der Waals surface area contributed by atoms with Crippen molar-refractivity contribution < 1.29 is 4.79 Å². The van der Waals surface area contributed by atoms with Crippen LogP contribution in [0.1, 0.15) is 6.42 Å². The molecule has 0 bridgehead atoms. The van der Waals surface area contributed by atoms with Crippen LogP contribution in [0.25, 0.3) is 0 Å². The van der Waals surface area contributed by atoms with E-state index in [1.165, 1.54) is 0 Å². The first-order valence-electron chi connectivity index (χ1n) is 8.02. The number of hydrogen-bond acceptors (Lipinski definition) is 5. The average Bonchev–Trinajstić information content (AvgIpc) is 2.64. The first-order valence-corrected chi connectivity index (χ1v) is 8.40. The van der Waals surface area contributed by atoms with Crippen LogP contribution < -0.4 is 10.2 Å². The van der Waals surface area contributed by atoms with Gasteiger partial charge in [-0.15, -0.1) is 0 Å². The molecule has 1 amide bonds. The lowest BCUT2D eigenvalue weighted by molar-refractivity contribution is -0.131. The molecule has 1 aliphatic heterocycles. The zero-order valence-electron chi connectivity index (χ0n) is 13.4. The molecule has 1 aromatic heterocycles. The maximum atomic E-state index is 12.3. The molecule has 0 saturated carbocycles. The molecule has 7 heteroatoms. The highest BCUT2D eigenvalue weighted by Crippen LogP contribution is 2.20. The molecule has 1 aliphatic rings. The molecule has 1 N–H and O–H groups in total. The highest BCUT2D eigenvalue weighted by molar-refractivity contribution is 6.33. The molecule has 0 radical (unpaired) electrons. The van der Waals surface area contributed by atoms with E-state index in [1.807, 2.05) is 29.2 Å². The average molecular weight is 346 g/mol. The first kappa shape index (κ1) is 16.5. The molecule has 2 aromatic rings. The van der Waals surface area contributed by atoms with Crippen molar-refractivity contribution >= 4 is 29.1 Å². The summed E-state index contributed by atoms with van der Waals surface area (Å²) in [6.07, 6.45) is 3.92. The van der Waals surface area contributed by atoms with Crippen LogP contribution in [0.5, 0.6) is 0 Å². The lowest BCUT2D eigenvalue weighted by atomic mass is 10.2. The van der Waals surface area contributed by atoms with E-state index in [9.17, 15) is 4.79 Å². The van der Waals surface area contributed by atoms with Crippen molar-refractivity contribution in [1.82, 2.24) is 14.9 Å². The summed E-state index contributed by atoms with van der Waals surface area (Å²) < 4.78 is 0. The van der Waals surface area contributed by atoms with E-state index in [-0.39, 0.29) is 5.91 Å². The topological polar surface area (TPSA) is 61.4 Å². The van der Waals surface area contributed by atoms with Crippen LogP contribution in [0.4, 0.5) is 11.6 Å².